The van der Waals surface area contributed by atoms with Crippen LogP contribution in [-0.2, 0) is 11.2 Å². The van der Waals surface area contributed by atoms with E-state index < -0.39 is 0 Å². The molecule has 7 nitrogen and oxygen atoms in total. The summed E-state index contributed by atoms with van der Waals surface area (Å²) in [4.78, 5) is 14.6. The SMILES string of the molecule is COCCNc1nnc(Cc2ccc(OC)cc2)c(=O)[nH]1. The number of ether oxygens (including phenoxy) is 2. The first kappa shape index (κ1) is 15.0. The summed E-state index contributed by atoms with van der Waals surface area (Å²) in [6.45, 7) is 1.08. The van der Waals surface area contributed by atoms with E-state index in [2.05, 4.69) is 20.5 Å². The van der Waals surface area contributed by atoms with Crippen LogP contribution in [-0.4, -0.2) is 42.6 Å². The molecule has 0 amide bonds. The van der Waals surface area contributed by atoms with Gasteiger partial charge in [0.2, 0.25) is 5.95 Å². The quantitative estimate of drug-likeness (QED) is 0.734. The molecule has 21 heavy (non-hydrogen) atoms. The van der Waals surface area contributed by atoms with Crippen molar-refractivity contribution in [2.75, 3.05) is 32.7 Å². The van der Waals surface area contributed by atoms with Crippen molar-refractivity contribution in [2.45, 2.75) is 6.42 Å². The molecule has 1 aromatic carbocycles. The standard InChI is InChI=1S/C14H18N4O3/c1-20-8-7-15-14-16-13(19)12(17-18-14)9-10-3-5-11(21-2)6-4-10/h3-6H,7-9H2,1-2H3,(H2,15,16,18,19). The summed E-state index contributed by atoms with van der Waals surface area (Å²) in [7, 11) is 3.22. The molecular weight excluding hydrogens is 272 g/mol. The molecule has 0 saturated heterocycles. The van der Waals surface area contributed by atoms with Crippen LogP contribution in [0.4, 0.5) is 5.95 Å². The zero-order chi connectivity index (χ0) is 15.1. The van der Waals surface area contributed by atoms with Crippen LogP contribution in [0.15, 0.2) is 29.1 Å². The fourth-order valence-electron chi connectivity index (χ4n) is 1.76. The van der Waals surface area contributed by atoms with Crippen molar-refractivity contribution in [1.82, 2.24) is 15.2 Å². The Morgan fingerprint density at radius 2 is 1.95 bits per heavy atom. The maximum absolute atomic E-state index is 11.9. The second-order valence-corrected chi connectivity index (χ2v) is 4.39. The Balaban J connectivity index is 2.04. The van der Waals surface area contributed by atoms with Gasteiger partial charge < -0.3 is 14.8 Å². The molecule has 0 aliphatic carbocycles. The van der Waals surface area contributed by atoms with Gasteiger partial charge in [0.25, 0.3) is 5.56 Å². The van der Waals surface area contributed by atoms with Crippen LogP contribution in [0.25, 0.3) is 0 Å². The van der Waals surface area contributed by atoms with Crippen LogP contribution in [0.1, 0.15) is 11.3 Å². The van der Waals surface area contributed by atoms with Crippen LogP contribution in [0.3, 0.4) is 0 Å². The van der Waals surface area contributed by atoms with Gasteiger partial charge in [-0.15, -0.1) is 10.2 Å². The number of rotatable bonds is 7. The van der Waals surface area contributed by atoms with Crippen LogP contribution in [0, 0.1) is 0 Å². The van der Waals surface area contributed by atoms with Gasteiger partial charge in [-0.2, -0.15) is 0 Å². The van der Waals surface area contributed by atoms with Crippen molar-refractivity contribution >= 4 is 5.95 Å². The van der Waals surface area contributed by atoms with E-state index in [1.807, 2.05) is 24.3 Å². The molecule has 2 N–H and O–H groups in total. The average molecular weight is 290 g/mol. The number of aromatic amines is 1. The number of hydrogen-bond acceptors (Lipinski definition) is 6. The molecule has 0 aliphatic heterocycles. The summed E-state index contributed by atoms with van der Waals surface area (Å²) >= 11 is 0. The molecule has 0 spiro atoms. The van der Waals surface area contributed by atoms with Gasteiger partial charge in [-0.1, -0.05) is 12.1 Å². The summed E-state index contributed by atoms with van der Waals surface area (Å²) in [5.74, 6) is 1.12. The predicted molar refractivity (Wildman–Crippen MR) is 78.8 cm³/mol. The minimum Gasteiger partial charge on any atom is -0.497 e. The van der Waals surface area contributed by atoms with E-state index in [4.69, 9.17) is 9.47 Å². The molecule has 0 bridgehead atoms. The summed E-state index contributed by atoms with van der Waals surface area (Å²) in [6.07, 6.45) is 0.421. The van der Waals surface area contributed by atoms with Gasteiger partial charge in [-0.3, -0.25) is 9.78 Å². The Kier molecular flexibility index (Phi) is 5.28. The normalized spacial score (nSPS) is 10.4. The Morgan fingerprint density at radius 3 is 2.57 bits per heavy atom. The van der Waals surface area contributed by atoms with E-state index in [9.17, 15) is 4.79 Å². The Hall–Kier alpha value is -2.41. The van der Waals surface area contributed by atoms with Crippen LogP contribution < -0.4 is 15.6 Å². The third kappa shape index (κ3) is 4.28. The van der Waals surface area contributed by atoms with Gasteiger partial charge >= 0.3 is 0 Å². The fourth-order valence-corrected chi connectivity index (χ4v) is 1.76. The van der Waals surface area contributed by atoms with E-state index in [-0.39, 0.29) is 5.56 Å². The van der Waals surface area contributed by atoms with Crippen LogP contribution >= 0.6 is 0 Å². The van der Waals surface area contributed by atoms with E-state index in [0.29, 0.717) is 31.2 Å². The highest BCUT2D eigenvalue weighted by atomic mass is 16.5. The second kappa shape index (κ2) is 7.39. The minimum absolute atomic E-state index is 0.249. The molecule has 0 saturated carbocycles. The van der Waals surface area contributed by atoms with Crippen molar-refractivity contribution in [3.63, 3.8) is 0 Å². The van der Waals surface area contributed by atoms with E-state index in [1.165, 1.54) is 0 Å². The summed E-state index contributed by atoms with van der Waals surface area (Å²) in [6, 6.07) is 7.48. The molecule has 0 unspecified atom stereocenters. The van der Waals surface area contributed by atoms with Gasteiger partial charge in [-0.25, -0.2) is 0 Å². The lowest BCUT2D eigenvalue weighted by Gasteiger charge is -2.05. The third-order valence-electron chi connectivity index (χ3n) is 2.89. The Bertz CT molecular complexity index is 625. The van der Waals surface area contributed by atoms with Crippen LogP contribution in [0.5, 0.6) is 5.75 Å². The number of benzene rings is 1. The largest absolute Gasteiger partial charge is 0.497 e. The Morgan fingerprint density at radius 1 is 1.19 bits per heavy atom. The highest BCUT2D eigenvalue weighted by Crippen LogP contribution is 2.12. The van der Waals surface area contributed by atoms with Crippen molar-refractivity contribution in [1.29, 1.82) is 0 Å². The maximum atomic E-state index is 11.9. The number of anilines is 1. The molecule has 112 valence electrons. The van der Waals surface area contributed by atoms with Gasteiger partial charge in [0.1, 0.15) is 11.4 Å². The number of methoxy groups -OCH3 is 2. The fraction of sp³-hybridized carbons (Fsp3) is 0.357. The molecule has 0 radical (unpaired) electrons. The molecule has 0 atom stereocenters. The number of nitrogens with zero attached hydrogens (tertiary/aromatic N) is 2. The van der Waals surface area contributed by atoms with Gasteiger partial charge in [0.15, 0.2) is 0 Å². The molecule has 1 heterocycles. The second-order valence-electron chi connectivity index (χ2n) is 4.39. The number of H-pyrrole nitrogens is 1. The first-order valence-electron chi connectivity index (χ1n) is 6.54. The average Bonchev–Trinajstić information content (AvgIpc) is 2.51. The number of aromatic nitrogens is 3. The topological polar surface area (TPSA) is 89.1 Å². The summed E-state index contributed by atoms with van der Waals surface area (Å²) < 4.78 is 9.99. The molecule has 1 aromatic heterocycles. The minimum atomic E-state index is -0.249. The summed E-state index contributed by atoms with van der Waals surface area (Å²) in [5.41, 5.74) is 1.09. The molecule has 0 aliphatic rings. The van der Waals surface area contributed by atoms with Crippen molar-refractivity contribution in [3.8, 4) is 5.75 Å². The molecule has 7 heteroatoms. The first-order valence-corrected chi connectivity index (χ1v) is 6.54. The maximum Gasteiger partial charge on any atom is 0.274 e. The van der Waals surface area contributed by atoms with Crippen LogP contribution in [0.2, 0.25) is 0 Å². The zero-order valence-corrected chi connectivity index (χ0v) is 12.0. The highest BCUT2D eigenvalue weighted by Gasteiger charge is 2.06. The Labute approximate surface area is 122 Å². The van der Waals surface area contributed by atoms with Gasteiger partial charge in [0.05, 0.1) is 13.7 Å². The third-order valence-corrected chi connectivity index (χ3v) is 2.89. The number of hydrogen-bond donors (Lipinski definition) is 2. The first-order chi connectivity index (χ1) is 10.2. The van der Waals surface area contributed by atoms with E-state index >= 15 is 0 Å². The summed E-state index contributed by atoms with van der Waals surface area (Å²) in [5, 5.41) is 10.8. The lowest BCUT2D eigenvalue weighted by Crippen LogP contribution is -2.21. The van der Waals surface area contributed by atoms with Crippen molar-refractivity contribution in [2.24, 2.45) is 0 Å². The lowest BCUT2D eigenvalue weighted by atomic mass is 10.1. The van der Waals surface area contributed by atoms with Gasteiger partial charge in [-0.05, 0) is 17.7 Å². The van der Waals surface area contributed by atoms with E-state index in [0.717, 1.165) is 11.3 Å². The van der Waals surface area contributed by atoms with Crippen molar-refractivity contribution < 1.29 is 9.47 Å². The predicted octanol–water partition coefficient (Wildman–Crippen LogP) is 0.823. The van der Waals surface area contributed by atoms with Crippen molar-refractivity contribution in [3.05, 3.63) is 45.9 Å². The molecular formula is C14H18N4O3. The van der Waals surface area contributed by atoms with Gasteiger partial charge in [0, 0.05) is 20.1 Å². The number of nitrogens with one attached hydrogen (secondary N) is 2. The zero-order valence-electron chi connectivity index (χ0n) is 12.0. The highest BCUT2D eigenvalue weighted by molar-refractivity contribution is 5.30. The molecule has 2 aromatic rings. The monoisotopic (exact) mass is 290 g/mol. The molecule has 2 rings (SSSR count). The van der Waals surface area contributed by atoms with E-state index in [1.54, 1.807) is 14.2 Å². The molecule has 0 fully saturated rings. The lowest BCUT2D eigenvalue weighted by molar-refractivity contribution is 0.210. The smallest absolute Gasteiger partial charge is 0.274 e.